The van der Waals surface area contributed by atoms with Gasteiger partial charge in [0.05, 0.1) is 22.6 Å². The first kappa shape index (κ1) is 32.5. The van der Waals surface area contributed by atoms with Gasteiger partial charge in [-0.25, -0.2) is 0 Å². The Morgan fingerprint density at radius 2 is 0.957 bits per heavy atom. The fourth-order valence-electron chi connectivity index (χ4n) is 5.59. The van der Waals surface area contributed by atoms with Crippen molar-refractivity contribution in [1.82, 2.24) is 9.97 Å². The zero-order valence-corrected chi connectivity index (χ0v) is 28.6. The maximum atomic E-state index is 6.72. The number of hydrogen-bond acceptors (Lipinski definition) is 6. The van der Waals surface area contributed by atoms with Gasteiger partial charge in [0.25, 0.3) is 0 Å². The number of benzene rings is 3. The minimum atomic E-state index is -0.694. The summed E-state index contributed by atoms with van der Waals surface area (Å²) in [7, 11) is -0.587. The van der Waals surface area contributed by atoms with Crippen LogP contribution < -0.4 is 14.9 Å². The topological polar surface area (TPSA) is 62.7 Å². The second-order valence-electron chi connectivity index (χ2n) is 14.1. The van der Waals surface area contributed by atoms with Crippen LogP contribution in [-0.4, -0.2) is 28.3 Å². The van der Waals surface area contributed by atoms with E-state index >= 15 is 0 Å². The van der Waals surface area contributed by atoms with Gasteiger partial charge in [-0.05, 0) is 85.1 Å². The van der Waals surface area contributed by atoms with Crippen LogP contribution in [0.5, 0.6) is 11.5 Å². The van der Waals surface area contributed by atoms with Crippen molar-refractivity contribution in [3.8, 4) is 34.0 Å². The van der Waals surface area contributed by atoms with Crippen LogP contribution in [-0.2, 0) is 20.5 Å². The van der Waals surface area contributed by atoms with Crippen molar-refractivity contribution in [1.29, 1.82) is 0 Å². The molecule has 1 aliphatic rings. The van der Waals surface area contributed by atoms with E-state index in [-0.39, 0.29) is 0 Å². The molecule has 0 aliphatic carbocycles. The number of ether oxygens (including phenoxy) is 2. The molecule has 1 fully saturated rings. The number of hydrogen-bond donors (Lipinski definition) is 0. The van der Waals surface area contributed by atoms with Crippen LogP contribution in [0.3, 0.4) is 0 Å². The molecule has 0 unspecified atom stereocenters. The van der Waals surface area contributed by atoms with E-state index in [9.17, 15) is 0 Å². The predicted molar refractivity (Wildman–Crippen MR) is 189 cm³/mol. The Hall–Kier alpha value is -4.46. The molecule has 0 N–H and O–H groups in total. The van der Waals surface area contributed by atoms with Crippen molar-refractivity contribution in [2.75, 3.05) is 0 Å². The first-order valence-corrected chi connectivity index (χ1v) is 16.2. The molecule has 1 aliphatic heterocycles. The highest BCUT2D eigenvalue weighted by molar-refractivity contribution is 6.62. The van der Waals surface area contributed by atoms with Crippen LogP contribution in [0.15, 0.2) is 116 Å². The maximum absolute atomic E-state index is 6.72. The van der Waals surface area contributed by atoms with Gasteiger partial charge in [-0.1, -0.05) is 72.8 Å². The standard InChI is InChI=1S/C40H43BN2O4/c1-37(2,30-19-21-35(42-26-30)28-15-11-9-12-16-28)44-33-23-32(41-46-39(5,6)40(7,8)47-41)24-34(25-33)45-38(3,4)31-20-22-36(43-27-31)29-17-13-10-14-18-29/h9-27H,1-8H3. The van der Waals surface area contributed by atoms with Gasteiger partial charge in [0.2, 0.25) is 0 Å². The summed E-state index contributed by atoms with van der Waals surface area (Å²) in [5.74, 6) is 1.27. The molecule has 0 bridgehead atoms. The van der Waals surface area contributed by atoms with Gasteiger partial charge in [0.15, 0.2) is 0 Å². The monoisotopic (exact) mass is 626 g/mol. The van der Waals surface area contributed by atoms with Crippen LogP contribution in [0.4, 0.5) is 0 Å². The molecular formula is C40H43BN2O4. The fraction of sp³-hybridized carbons (Fsp3) is 0.300. The second kappa shape index (κ2) is 12.3. The van der Waals surface area contributed by atoms with Crippen LogP contribution >= 0.6 is 0 Å². The fourth-order valence-corrected chi connectivity index (χ4v) is 5.59. The average molecular weight is 627 g/mol. The van der Waals surface area contributed by atoms with Gasteiger partial charge in [-0.15, -0.1) is 0 Å². The lowest BCUT2D eigenvalue weighted by Gasteiger charge is -2.32. The Kier molecular flexibility index (Phi) is 8.49. The number of rotatable bonds is 9. The molecule has 6 rings (SSSR count). The summed E-state index contributed by atoms with van der Waals surface area (Å²) in [6.45, 7) is 16.4. The van der Waals surface area contributed by atoms with Gasteiger partial charge < -0.3 is 18.8 Å². The average Bonchev–Trinajstić information content (AvgIpc) is 3.27. The second-order valence-corrected chi connectivity index (χ2v) is 14.1. The molecule has 0 saturated carbocycles. The largest absolute Gasteiger partial charge is 0.495 e. The third-order valence-corrected chi connectivity index (χ3v) is 9.23. The minimum Gasteiger partial charge on any atom is -0.483 e. The Balaban J connectivity index is 1.30. The van der Waals surface area contributed by atoms with Gasteiger partial charge in [-0.2, -0.15) is 0 Å². The van der Waals surface area contributed by atoms with E-state index in [0.29, 0.717) is 11.5 Å². The SMILES string of the molecule is CC(C)(Oc1cc(OC(C)(C)c2ccc(-c3ccccc3)nc2)cc(B2OC(C)(C)C(C)(C)O2)c1)c1ccc(-c2ccccc2)nc1. The van der Waals surface area contributed by atoms with Crippen molar-refractivity contribution in [3.63, 3.8) is 0 Å². The first-order chi connectivity index (χ1) is 22.2. The molecule has 7 heteroatoms. The van der Waals surface area contributed by atoms with Crippen LogP contribution in [0.2, 0.25) is 0 Å². The molecule has 3 aromatic carbocycles. The lowest BCUT2D eigenvalue weighted by atomic mass is 9.79. The Bertz CT molecular complexity index is 1690. The molecule has 0 spiro atoms. The molecule has 5 aromatic rings. The van der Waals surface area contributed by atoms with Crippen molar-refractivity contribution >= 4 is 12.6 Å². The van der Waals surface area contributed by atoms with Gasteiger partial charge in [0, 0.05) is 40.7 Å². The minimum absolute atomic E-state index is 0.494. The zero-order chi connectivity index (χ0) is 33.5. The molecule has 240 valence electrons. The summed E-state index contributed by atoms with van der Waals surface area (Å²) >= 11 is 0. The normalized spacial score (nSPS) is 15.8. The molecule has 0 radical (unpaired) electrons. The molecule has 2 aromatic heterocycles. The van der Waals surface area contributed by atoms with Crippen molar-refractivity contribution in [2.24, 2.45) is 0 Å². The van der Waals surface area contributed by atoms with Gasteiger partial charge >= 0.3 is 7.12 Å². The lowest BCUT2D eigenvalue weighted by Crippen LogP contribution is -2.41. The number of nitrogens with zero attached hydrogens (tertiary/aromatic N) is 2. The van der Waals surface area contributed by atoms with E-state index in [2.05, 4.69) is 64.1 Å². The van der Waals surface area contributed by atoms with Crippen molar-refractivity contribution in [3.05, 3.63) is 127 Å². The molecule has 6 nitrogen and oxygen atoms in total. The van der Waals surface area contributed by atoms with E-state index in [1.807, 2.05) is 107 Å². The maximum Gasteiger partial charge on any atom is 0.495 e. The molecule has 47 heavy (non-hydrogen) atoms. The third-order valence-electron chi connectivity index (χ3n) is 9.23. The highest BCUT2D eigenvalue weighted by atomic mass is 16.7. The molecule has 1 saturated heterocycles. The summed E-state index contributed by atoms with van der Waals surface area (Å²) in [4.78, 5) is 9.49. The summed E-state index contributed by atoms with van der Waals surface area (Å²) in [5.41, 5.74) is 4.31. The number of pyridine rings is 2. The third kappa shape index (κ3) is 6.97. The van der Waals surface area contributed by atoms with E-state index in [4.69, 9.17) is 28.8 Å². The van der Waals surface area contributed by atoms with E-state index < -0.39 is 29.5 Å². The summed E-state index contributed by atoms with van der Waals surface area (Å²) < 4.78 is 26.3. The Morgan fingerprint density at radius 1 is 0.553 bits per heavy atom. The smallest absolute Gasteiger partial charge is 0.483 e. The summed E-state index contributed by atoms with van der Waals surface area (Å²) in [6, 6.07) is 34.4. The molecule has 3 heterocycles. The molecule has 0 atom stereocenters. The Morgan fingerprint density at radius 3 is 1.32 bits per heavy atom. The van der Waals surface area contributed by atoms with Crippen molar-refractivity contribution in [2.45, 2.75) is 77.8 Å². The predicted octanol–water partition coefficient (Wildman–Crippen LogP) is 8.74. The Labute approximate surface area is 279 Å². The lowest BCUT2D eigenvalue weighted by molar-refractivity contribution is 0.00578. The van der Waals surface area contributed by atoms with Crippen LogP contribution in [0.25, 0.3) is 22.5 Å². The molecule has 0 amide bonds. The summed E-state index contributed by atoms with van der Waals surface area (Å²) in [6.07, 6.45) is 3.76. The van der Waals surface area contributed by atoms with E-state index in [1.165, 1.54) is 0 Å². The quantitative estimate of drug-likeness (QED) is 0.153. The van der Waals surface area contributed by atoms with Crippen LogP contribution in [0.1, 0.15) is 66.5 Å². The zero-order valence-electron chi connectivity index (χ0n) is 28.6. The van der Waals surface area contributed by atoms with E-state index in [1.54, 1.807) is 0 Å². The highest BCUT2D eigenvalue weighted by Gasteiger charge is 2.52. The molecular weight excluding hydrogens is 583 g/mol. The number of aromatic nitrogens is 2. The van der Waals surface area contributed by atoms with Gasteiger partial charge in [-0.3, -0.25) is 9.97 Å². The van der Waals surface area contributed by atoms with Gasteiger partial charge in [0.1, 0.15) is 22.7 Å². The van der Waals surface area contributed by atoms with Crippen LogP contribution in [0, 0.1) is 0 Å². The van der Waals surface area contributed by atoms with Crippen molar-refractivity contribution < 1.29 is 18.8 Å². The highest BCUT2D eigenvalue weighted by Crippen LogP contribution is 2.38. The van der Waals surface area contributed by atoms with E-state index in [0.717, 1.165) is 39.1 Å². The first-order valence-electron chi connectivity index (χ1n) is 16.2. The summed E-state index contributed by atoms with van der Waals surface area (Å²) in [5, 5.41) is 0.